The van der Waals surface area contributed by atoms with Gasteiger partial charge in [-0.15, -0.1) is 0 Å². The average Bonchev–Trinajstić information content (AvgIpc) is 3.79. The minimum atomic E-state index is -0.690. The summed E-state index contributed by atoms with van der Waals surface area (Å²) in [6.07, 6.45) is 6.89. The summed E-state index contributed by atoms with van der Waals surface area (Å²) in [5, 5.41) is 3.67. The summed E-state index contributed by atoms with van der Waals surface area (Å²) in [5.41, 5.74) is 0.665. The predicted molar refractivity (Wildman–Crippen MR) is 132 cm³/mol. The quantitative estimate of drug-likeness (QED) is 0.487. The Labute approximate surface area is 205 Å². The molecule has 0 atom stereocenters. The maximum atomic E-state index is 13.0. The molecule has 3 fully saturated rings. The second-order valence-electron chi connectivity index (χ2n) is 9.46. The van der Waals surface area contributed by atoms with Crippen molar-refractivity contribution >= 4 is 29.3 Å². The number of aromatic nitrogens is 1. The summed E-state index contributed by atoms with van der Waals surface area (Å²) in [5.74, 6) is 1.53. The number of nitrogens with one attached hydrogen (secondary N) is 1. The monoisotopic (exact) mass is 479 g/mol. The minimum Gasteiger partial charge on any atom is -0.354 e. The second kappa shape index (κ2) is 9.74. The summed E-state index contributed by atoms with van der Waals surface area (Å²) in [4.78, 5) is 39.5. The Bertz CT molecular complexity index is 1070. The Hall–Kier alpha value is -2.93. The molecule has 1 saturated heterocycles. The van der Waals surface area contributed by atoms with Gasteiger partial charge in [0.1, 0.15) is 11.2 Å². The molecule has 5 rings (SSSR count). The number of amidine groups is 1. The van der Waals surface area contributed by atoms with Crippen molar-refractivity contribution in [1.82, 2.24) is 20.1 Å². The highest BCUT2D eigenvalue weighted by atomic mass is 35.5. The van der Waals surface area contributed by atoms with Crippen molar-refractivity contribution in [3.05, 3.63) is 64.9 Å². The molecule has 0 radical (unpaired) electrons. The van der Waals surface area contributed by atoms with Gasteiger partial charge in [-0.1, -0.05) is 36.6 Å². The maximum Gasteiger partial charge on any atom is 0.254 e. The lowest BCUT2D eigenvalue weighted by molar-refractivity contribution is -0.123. The minimum absolute atomic E-state index is 0.0211. The van der Waals surface area contributed by atoms with Gasteiger partial charge < -0.3 is 15.1 Å². The third-order valence-electron chi connectivity index (χ3n) is 6.83. The van der Waals surface area contributed by atoms with Crippen LogP contribution in [0.1, 0.15) is 48.2 Å². The van der Waals surface area contributed by atoms with Gasteiger partial charge >= 0.3 is 0 Å². The number of carbonyl (C=O) groups is 2. The van der Waals surface area contributed by atoms with E-state index in [0.29, 0.717) is 36.8 Å². The van der Waals surface area contributed by atoms with E-state index in [-0.39, 0.29) is 11.8 Å². The van der Waals surface area contributed by atoms with Crippen molar-refractivity contribution < 1.29 is 9.59 Å². The Morgan fingerprint density at radius 3 is 2.47 bits per heavy atom. The van der Waals surface area contributed by atoms with Gasteiger partial charge in [0.05, 0.1) is 0 Å². The molecule has 2 aliphatic carbocycles. The van der Waals surface area contributed by atoms with E-state index in [1.807, 2.05) is 23.1 Å². The number of carbonyl (C=O) groups excluding carboxylic acids is 2. The highest BCUT2D eigenvalue weighted by Gasteiger charge is 2.51. The van der Waals surface area contributed by atoms with E-state index in [2.05, 4.69) is 15.2 Å². The van der Waals surface area contributed by atoms with Gasteiger partial charge in [0, 0.05) is 49.5 Å². The van der Waals surface area contributed by atoms with E-state index >= 15 is 0 Å². The third-order valence-corrected chi connectivity index (χ3v) is 7.07. The molecular formula is C26H30ClN5O2. The third kappa shape index (κ3) is 5.25. The van der Waals surface area contributed by atoms with Crippen LogP contribution in [-0.4, -0.2) is 70.7 Å². The van der Waals surface area contributed by atoms with Crippen molar-refractivity contribution in [2.75, 3.05) is 32.7 Å². The zero-order valence-corrected chi connectivity index (χ0v) is 20.0. The maximum absolute atomic E-state index is 13.0. The van der Waals surface area contributed by atoms with Gasteiger partial charge in [0.2, 0.25) is 5.91 Å². The fourth-order valence-electron chi connectivity index (χ4n) is 4.38. The number of hydrogen-bond acceptors (Lipinski definition) is 4. The van der Waals surface area contributed by atoms with Gasteiger partial charge in [-0.05, 0) is 55.5 Å². The smallest absolute Gasteiger partial charge is 0.254 e. The zero-order valence-electron chi connectivity index (χ0n) is 19.3. The van der Waals surface area contributed by atoms with E-state index in [1.165, 1.54) is 12.8 Å². The SMILES string of the molecule is O=C(c1cccc(Cl)c1)N1CCN(C(=NC2(C(=O)NCCC3CC3)CC2)c2ccccn2)CC1. The Morgan fingerprint density at radius 1 is 1.06 bits per heavy atom. The number of nitrogens with zero attached hydrogens (tertiary/aromatic N) is 4. The fourth-order valence-corrected chi connectivity index (χ4v) is 4.57. The molecule has 2 heterocycles. The van der Waals surface area contributed by atoms with Gasteiger partial charge in [-0.3, -0.25) is 14.6 Å². The molecule has 34 heavy (non-hydrogen) atoms. The van der Waals surface area contributed by atoms with Crippen LogP contribution in [0.25, 0.3) is 0 Å². The highest BCUT2D eigenvalue weighted by molar-refractivity contribution is 6.30. The molecule has 2 aromatic rings. The number of piperazine rings is 1. The molecule has 0 spiro atoms. The van der Waals surface area contributed by atoms with Crippen LogP contribution in [0, 0.1) is 5.92 Å². The number of aliphatic imine (C=N–C) groups is 1. The summed E-state index contributed by atoms with van der Waals surface area (Å²) in [6, 6.07) is 12.8. The predicted octanol–water partition coefficient (Wildman–Crippen LogP) is 3.39. The van der Waals surface area contributed by atoms with Crippen LogP contribution in [0.5, 0.6) is 0 Å². The molecule has 1 aromatic heterocycles. The Kier molecular flexibility index (Phi) is 6.55. The van der Waals surface area contributed by atoms with Gasteiger partial charge in [0.25, 0.3) is 5.91 Å². The zero-order chi connectivity index (χ0) is 23.5. The first-order valence-electron chi connectivity index (χ1n) is 12.1. The molecule has 7 nitrogen and oxygen atoms in total. The van der Waals surface area contributed by atoms with E-state index in [1.54, 1.807) is 30.5 Å². The summed E-state index contributed by atoms with van der Waals surface area (Å²) < 4.78 is 0. The molecule has 0 bridgehead atoms. The first-order chi connectivity index (χ1) is 16.5. The summed E-state index contributed by atoms with van der Waals surface area (Å²) >= 11 is 6.07. The first-order valence-corrected chi connectivity index (χ1v) is 12.5. The van der Waals surface area contributed by atoms with Crippen molar-refractivity contribution in [3.63, 3.8) is 0 Å². The van der Waals surface area contributed by atoms with Crippen LogP contribution < -0.4 is 5.32 Å². The molecule has 3 aliphatic rings. The topological polar surface area (TPSA) is 77.9 Å². The molecule has 2 saturated carbocycles. The molecule has 0 unspecified atom stereocenters. The number of benzene rings is 1. The molecule has 1 N–H and O–H groups in total. The second-order valence-corrected chi connectivity index (χ2v) is 9.90. The van der Waals surface area contributed by atoms with Crippen molar-refractivity contribution in [2.45, 2.75) is 37.6 Å². The number of pyridine rings is 1. The molecule has 8 heteroatoms. The van der Waals surface area contributed by atoms with Crippen LogP contribution in [0.2, 0.25) is 5.02 Å². The largest absolute Gasteiger partial charge is 0.354 e. The lowest BCUT2D eigenvalue weighted by Crippen LogP contribution is -2.51. The van der Waals surface area contributed by atoms with Gasteiger partial charge in [0.15, 0.2) is 5.84 Å². The van der Waals surface area contributed by atoms with Crippen LogP contribution in [-0.2, 0) is 4.79 Å². The fraction of sp³-hybridized carbons (Fsp3) is 0.462. The lowest BCUT2D eigenvalue weighted by atomic mass is 10.1. The van der Waals surface area contributed by atoms with E-state index in [9.17, 15) is 9.59 Å². The lowest BCUT2D eigenvalue weighted by Gasteiger charge is -2.36. The van der Waals surface area contributed by atoms with E-state index < -0.39 is 5.54 Å². The number of halogens is 1. The molecule has 1 aromatic carbocycles. The number of hydrogen-bond donors (Lipinski definition) is 1. The molecule has 1 aliphatic heterocycles. The Morgan fingerprint density at radius 2 is 1.82 bits per heavy atom. The van der Waals surface area contributed by atoms with Crippen molar-refractivity contribution in [2.24, 2.45) is 10.9 Å². The normalized spacial score (nSPS) is 19.6. The van der Waals surface area contributed by atoms with E-state index in [4.69, 9.17) is 16.6 Å². The number of rotatable bonds is 7. The van der Waals surface area contributed by atoms with Crippen LogP contribution in [0.3, 0.4) is 0 Å². The van der Waals surface area contributed by atoms with Crippen LogP contribution in [0.4, 0.5) is 0 Å². The first kappa shape index (κ1) is 22.8. The van der Waals surface area contributed by atoms with E-state index in [0.717, 1.165) is 43.3 Å². The molecule has 2 amide bonds. The van der Waals surface area contributed by atoms with Gasteiger partial charge in [-0.2, -0.15) is 0 Å². The van der Waals surface area contributed by atoms with Crippen molar-refractivity contribution in [1.29, 1.82) is 0 Å². The summed E-state index contributed by atoms with van der Waals surface area (Å²) in [6.45, 7) is 3.11. The number of amides is 2. The van der Waals surface area contributed by atoms with Crippen molar-refractivity contribution in [3.8, 4) is 0 Å². The molecular weight excluding hydrogens is 450 g/mol. The summed E-state index contributed by atoms with van der Waals surface area (Å²) in [7, 11) is 0. The highest BCUT2D eigenvalue weighted by Crippen LogP contribution is 2.41. The standard InChI is InChI=1S/C26H30ClN5O2/c27-21-5-3-4-20(18-21)24(33)32-16-14-31(15-17-32)23(22-6-1-2-12-28-22)30-26(10-11-26)25(34)29-13-9-19-7-8-19/h1-6,12,18-19H,7-11,13-17H2,(H,29,34). The Balaban J connectivity index is 1.29. The average molecular weight is 480 g/mol. The van der Waals surface area contributed by atoms with Crippen LogP contribution >= 0.6 is 11.6 Å². The molecule has 178 valence electrons. The van der Waals surface area contributed by atoms with Gasteiger partial charge in [-0.25, -0.2) is 4.99 Å². The van der Waals surface area contributed by atoms with Crippen LogP contribution in [0.15, 0.2) is 53.7 Å².